The lowest BCUT2D eigenvalue weighted by Gasteiger charge is -2.40. The minimum atomic E-state index is -0.0112. The van der Waals surface area contributed by atoms with Crippen molar-refractivity contribution in [2.45, 2.75) is 77.4 Å². The Morgan fingerprint density at radius 1 is 1.04 bits per heavy atom. The van der Waals surface area contributed by atoms with Crippen molar-refractivity contribution in [1.29, 1.82) is 0 Å². The molecule has 2 fully saturated rings. The molecule has 0 amide bonds. The molecule has 3 rings (SSSR count). The van der Waals surface area contributed by atoms with E-state index in [9.17, 15) is 0 Å². The molecule has 6 heteroatoms. The maximum absolute atomic E-state index is 4.28. The van der Waals surface area contributed by atoms with E-state index in [1.165, 1.54) is 45.2 Å². The van der Waals surface area contributed by atoms with Crippen LogP contribution in [0.3, 0.4) is 0 Å². The van der Waals surface area contributed by atoms with Crippen LogP contribution in [-0.2, 0) is 12.1 Å². The summed E-state index contributed by atoms with van der Waals surface area (Å²) in [6, 6.07) is 0.843. The first-order valence-corrected chi connectivity index (χ1v) is 9.34. The smallest absolute Gasteiger partial charge is 0.165 e. The molecular weight excluding hydrogens is 288 g/mol. The lowest BCUT2D eigenvalue weighted by atomic mass is 9.94. The minimum Gasteiger partial charge on any atom is -0.298 e. The molecule has 6 nitrogen and oxygen atoms in total. The Kier molecular flexibility index (Phi) is 5.31. The van der Waals surface area contributed by atoms with Crippen molar-refractivity contribution in [3.05, 3.63) is 5.82 Å². The van der Waals surface area contributed by atoms with Crippen molar-refractivity contribution >= 4 is 0 Å². The van der Waals surface area contributed by atoms with Crippen LogP contribution in [0.4, 0.5) is 0 Å². The van der Waals surface area contributed by atoms with Crippen LogP contribution in [0.2, 0.25) is 0 Å². The van der Waals surface area contributed by atoms with Gasteiger partial charge in [0.05, 0.1) is 12.1 Å². The van der Waals surface area contributed by atoms with Crippen LogP contribution in [-0.4, -0.2) is 62.2 Å². The van der Waals surface area contributed by atoms with Gasteiger partial charge in [0.25, 0.3) is 0 Å². The van der Waals surface area contributed by atoms with E-state index in [0.29, 0.717) is 0 Å². The number of hydrogen-bond donors (Lipinski definition) is 0. The molecule has 0 bridgehead atoms. The maximum Gasteiger partial charge on any atom is 0.165 e. The zero-order valence-corrected chi connectivity index (χ0v) is 15.0. The highest BCUT2D eigenvalue weighted by Gasteiger charge is 2.28. The first-order valence-electron chi connectivity index (χ1n) is 9.34. The summed E-state index contributed by atoms with van der Waals surface area (Å²) in [4.78, 5) is 5.22. The Hall–Kier alpha value is -1.01. The minimum absolute atomic E-state index is 0.0112. The average Bonchev–Trinajstić information content (AvgIpc) is 3.05. The third kappa shape index (κ3) is 3.91. The standard InChI is InChI=1S/C17H32N6/c1-4-17(2,3)23-16(18-19-20-23)14-21-10-12-22(13-11-21)15-8-6-5-7-9-15/h15H,4-14H2,1-3H3. The molecule has 0 N–H and O–H groups in total. The van der Waals surface area contributed by atoms with E-state index in [0.717, 1.165) is 37.9 Å². The highest BCUT2D eigenvalue weighted by molar-refractivity contribution is 4.90. The van der Waals surface area contributed by atoms with E-state index in [2.05, 4.69) is 46.1 Å². The Balaban J connectivity index is 1.54. The van der Waals surface area contributed by atoms with Crippen LogP contribution in [0.1, 0.15) is 65.1 Å². The van der Waals surface area contributed by atoms with Crippen molar-refractivity contribution in [2.24, 2.45) is 0 Å². The van der Waals surface area contributed by atoms with Crippen molar-refractivity contribution < 1.29 is 0 Å². The fourth-order valence-electron chi connectivity index (χ4n) is 3.86. The van der Waals surface area contributed by atoms with E-state index >= 15 is 0 Å². The van der Waals surface area contributed by atoms with Gasteiger partial charge in [0.1, 0.15) is 0 Å². The summed E-state index contributed by atoms with van der Waals surface area (Å²) in [5.74, 6) is 1.00. The molecule has 1 aromatic heterocycles. The molecule has 23 heavy (non-hydrogen) atoms. The van der Waals surface area contributed by atoms with Gasteiger partial charge < -0.3 is 0 Å². The van der Waals surface area contributed by atoms with Crippen molar-refractivity contribution in [2.75, 3.05) is 26.2 Å². The lowest BCUT2D eigenvalue weighted by molar-refractivity contribution is 0.0724. The third-order valence-corrected chi connectivity index (χ3v) is 5.84. The fraction of sp³-hybridized carbons (Fsp3) is 0.941. The van der Waals surface area contributed by atoms with Gasteiger partial charge in [-0.25, -0.2) is 4.68 Å². The topological polar surface area (TPSA) is 50.1 Å². The third-order valence-electron chi connectivity index (χ3n) is 5.84. The van der Waals surface area contributed by atoms with Gasteiger partial charge in [0.15, 0.2) is 5.82 Å². The zero-order valence-electron chi connectivity index (χ0n) is 15.0. The monoisotopic (exact) mass is 320 g/mol. The average molecular weight is 320 g/mol. The number of piperazine rings is 1. The SMILES string of the molecule is CCC(C)(C)n1nnnc1CN1CCN(C2CCCCC2)CC1. The van der Waals surface area contributed by atoms with Crippen LogP contribution < -0.4 is 0 Å². The Bertz CT molecular complexity index is 483. The van der Waals surface area contributed by atoms with Gasteiger partial charge >= 0.3 is 0 Å². The predicted octanol–water partition coefficient (Wildman–Crippen LogP) is 2.27. The van der Waals surface area contributed by atoms with Gasteiger partial charge in [-0.2, -0.15) is 0 Å². The summed E-state index contributed by atoms with van der Waals surface area (Å²) in [5, 5.41) is 12.4. The van der Waals surface area contributed by atoms with Gasteiger partial charge in [-0.05, 0) is 43.5 Å². The molecule has 0 radical (unpaired) electrons. The van der Waals surface area contributed by atoms with Gasteiger partial charge in [-0.1, -0.05) is 26.2 Å². The van der Waals surface area contributed by atoms with Crippen LogP contribution in [0.15, 0.2) is 0 Å². The number of aromatic nitrogens is 4. The molecule has 1 aliphatic heterocycles. The second-order valence-corrected chi connectivity index (χ2v) is 7.78. The second-order valence-electron chi connectivity index (χ2n) is 7.78. The molecule has 1 saturated carbocycles. The van der Waals surface area contributed by atoms with E-state index in [1.54, 1.807) is 0 Å². The summed E-state index contributed by atoms with van der Waals surface area (Å²) in [7, 11) is 0. The molecule has 1 aromatic rings. The van der Waals surface area contributed by atoms with Gasteiger partial charge in [-0.15, -0.1) is 5.10 Å². The highest BCUT2D eigenvalue weighted by atomic mass is 15.6. The number of tetrazole rings is 1. The number of hydrogen-bond acceptors (Lipinski definition) is 5. The summed E-state index contributed by atoms with van der Waals surface area (Å²) >= 11 is 0. The van der Waals surface area contributed by atoms with E-state index in [-0.39, 0.29) is 5.54 Å². The van der Waals surface area contributed by atoms with E-state index in [4.69, 9.17) is 0 Å². The van der Waals surface area contributed by atoms with E-state index < -0.39 is 0 Å². The lowest BCUT2D eigenvalue weighted by Crippen LogP contribution is -2.50. The summed E-state index contributed by atoms with van der Waals surface area (Å²) in [6.07, 6.45) is 8.12. The summed E-state index contributed by atoms with van der Waals surface area (Å²) < 4.78 is 2.01. The zero-order chi connectivity index (χ0) is 16.3. The maximum atomic E-state index is 4.28. The van der Waals surface area contributed by atoms with Gasteiger partial charge in [-0.3, -0.25) is 9.80 Å². The van der Waals surface area contributed by atoms with Gasteiger partial charge in [0.2, 0.25) is 0 Å². The quantitative estimate of drug-likeness (QED) is 0.833. The first-order chi connectivity index (χ1) is 11.1. The number of nitrogens with zero attached hydrogens (tertiary/aromatic N) is 6. The molecule has 0 aromatic carbocycles. The van der Waals surface area contributed by atoms with Crippen LogP contribution >= 0.6 is 0 Å². The molecule has 0 atom stereocenters. The highest BCUT2D eigenvalue weighted by Crippen LogP contribution is 2.24. The largest absolute Gasteiger partial charge is 0.298 e. The summed E-state index contributed by atoms with van der Waals surface area (Å²) in [6.45, 7) is 12.1. The molecular formula is C17H32N6. The molecule has 0 spiro atoms. The van der Waals surface area contributed by atoms with Crippen molar-refractivity contribution in [1.82, 2.24) is 30.0 Å². The fourth-order valence-corrected chi connectivity index (χ4v) is 3.86. The molecule has 2 aliphatic rings. The summed E-state index contributed by atoms with van der Waals surface area (Å²) in [5.41, 5.74) is -0.0112. The molecule has 1 saturated heterocycles. The molecule has 2 heterocycles. The Labute approximate surface area is 140 Å². The normalized spacial score (nSPS) is 22.6. The van der Waals surface area contributed by atoms with Crippen LogP contribution in [0, 0.1) is 0 Å². The predicted molar refractivity (Wildman–Crippen MR) is 91.2 cm³/mol. The number of rotatable bonds is 5. The van der Waals surface area contributed by atoms with Crippen LogP contribution in [0.25, 0.3) is 0 Å². The second kappa shape index (κ2) is 7.26. The Morgan fingerprint density at radius 3 is 2.39 bits per heavy atom. The molecule has 1 aliphatic carbocycles. The molecule has 130 valence electrons. The Morgan fingerprint density at radius 2 is 1.74 bits per heavy atom. The van der Waals surface area contributed by atoms with Gasteiger partial charge in [0, 0.05) is 32.2 Å². The molecule has 0 unspecified atom stereocenters. The van der Waals surface area contributed by atoms with E-state index in [1.807, 2.05) is 4.68 Å². The van der Waals surface area contributed by atoms with Crippen molar-refractivity contribution in [3.63, 3.8) is 0 Å². The first kappa shape index (κ1) is 16.8. The van der Waals surface area contributed by atoms with Crippen molar-refractivity contribution in [3.8, 4) is 0 Å². The van der Waals surface area contributed by atoms with Crippen LogP contribution in [0.5, 0.6) is 0 Å².